The topological polar surface area (TPSA) is 38.1 Å². The van der Waals surface area contributed by atoms with Crippen LogP contribution in [-0.2, 0) is 7.05 Å². The number of aliphatic hydroxyl groups is 1. The smallest absolute Gasteiger partial charge is 0.0820 e. The fraction of sp³-hybridized carbons (Fsp3) is 0.812. The normalized spacial score (nSPS) is 12.8. The zero-order valence-electron chi connectivity index (χ0n) is 12.6. The van der Waals surface area contributed by atoms with Gasteiger partial charge in [-0.05, 0) is 6.42 Å². The van der Waals surface area contributed by atoms with Crippen LogP contribution >= 0.6 is 0 Å². The number of aromatic nitrogens is 2. The zero-order chi connectivity index (χ0) is 13.9. The van der Waals surface area contributed by atoms with E-state index in [0.29, 0.717) is 0 Å². The average Bonchev–Trinajstić information content (AvgIpc) is 2.83. The van der Waals surface area contributed by atoms with E-state index in [4.69, 9.17) is 0 Å². The Hall–Kier alpha value is -0.830. The van der Waals surface area contributed by atoms with Gasteiger partial charge in [-0.1, -0.05) is 64.7 Å². The maximum Gasteiger partial charge on any atom is 0.0820 e. The van der Waals surface area contributed by atoms with Crippen LogP contribution in [0.1, 0.15) is 82.8 Å². The summed E-state index contributed by atoms with van der Waals surface area (Å²) in [6.45, 7) is 2.26. The minimum Gasteiger partial charge on any atom is -0.388 e. The Morgan fingerprint density at radius 1 is 1.05 bits per heavy atom. The van der Waals surface area contributed by atoms with Crippen molar-refractivity contribution in [1.82, 2.24) is 9.78 Å². The van der Waals surface area contributed by atoms with Crippen LogP contribution in [0, 0.1) is 0 Å². The molecule has 3 heteroatoms. The second kappa shape index (κ2) is 10.0. The van der Waals surface area contributed by atoms with Crippen LogP contribution in [0.2, 0.25) is 0 Å². The van der Waals surface area contributed by atoms with Crippen LogP contribution in [0.15, 0.2) is 12.4 Å². The Kier molecular flexibility index (Phi) is 8.55. The lowest BCUT2D eigenvalue weighted by Crippen LogP contribution is -1.96. The maximum atomic E-state index is 9.98. The van der Waals surface area contributed by atoms with E-state index in [2.05, 4.69) is 12.0 Å². The van der Waals surface area contributed by atoms with Crippen molar-refractivity contribution in [2.45, 2.75) is 77.2 Å². The molecule has 0 aliphatic carbocycles. The van der Waals surface area contributed by atoms with Crippen LogP contribution < -0.4 is 0 Å². The molecule has 0 aromatic carbocycles. The maximum absolute atomic E-state index is 9.98. The van der Waals surface area contributed by atoms with Gasteiger partial charge in [-0.15, -0.1) is 0 Å². The Morgan fingerprint density at radius 2 is 1.63 bits per heavy atom. The van der Waals surface area contributed by atoms with E-state index in [1.54, 1.807) is 10.9 Å². The van der Waals surface area contributed by atoms with E-state index in [9.17, 15) is 5.11 Å². The van der Waals surface area contributed by atoms with Gasteiger partial charge in [-0.2, -0.15) is 5.10 Å². The van der Waals surface area contributed by atoms with Gasteiger partial charge in [0.2, 0.25) is 0 Å². The average molecular weight is 266 g/mol. The Labute approximate surface area is 118 Å². The number of hydrogen-bond acceptors (Lipinski definition) is 2. The van der Waals surface area contributed by atoms with Gasteiger partial charge < -0.3 is 5.11 Å². The van der Waals surface area contributed by atoms with Gasteiger partial charge in [0.25, 0.3) is 0 Å². The molecule has 1 rings (SSSR count). The summed E-state index contributed by atoms with van der Waals surface area (Å²) in [6.07, 6.45) is 16.1. The first-order chi connectivity index (χ1) is 9.24. The lowest BCUT2D eigenvalue weighted by molar-refractivity contribution is 0.163. The molecule has 0 radical (unpaired) electrons. The van der Waals surface area contributed by atoms with Gasteiger partial charge in [0, 0.05) is 18.8 Å². The molecule has 110 valence electrons. The molecular weight excluding hydrogens is 236 g/mol. The lowest BCUT2D eigenvalue weighted by atomic mass is 10.0. The SMILES string of the molecule is CCCCCCCCCCCC(O)c1cnn(C)c1. The van der Waals surface area contributed by atoms with Crippen molar-refractivity contribution >= 4 is 0 Å². The number of nitrogens with zero attached hydrogens (tertiary/aromatic N) is 2. The van der Waals surface area contributed by atoms with Crippen LogP contribution in [0.4, 0.5) is 0 Å². The van der Waals surface area contributed by atoms with Crippen molar-refractivity contribution in [2.75, 3.05) is 0 Å². The molecule has 0 amide bonds. The van der Waals surface area contributed by atoms with Crippen LogP contribution in [0.3, 0.4) is 0 Å². The summed E-state index contributed by atoms with van der Waals surface area (Å²) in [6, 6.07) is 0. The highest BCUT2D eigenvalue weighted by Crippen LogP contribution is 2.19. The Bertz CT molecular complexity index is 322. The van der Waals surface area contributed by atoms with Crippen LogP contribution in [0.25, 0.3) is 0 Å². The summed E-state index contributed by atoms with van der Waals surface area (Å²) in [5.74, 6) is 0. The second-order valence-corrected chi connectivity index (χ2v) is 5.58. The van der Waals surface area contributed by atoms with Crippen molar-refractivity contribution in [3.05, 3.63) is 18.0 Å². The number of aryl methyl sites for hydroxylation is 1. The molecule has 19 heavy (non-hydrogen) atoms. The fourth-order valence-electron chi connectivity index (χ4n) is 2.43. The van der Waals surface area contributed by atoms with Gasteiger partial charge >= 0.3 is 0 Å². The van der Waals surface area contributed by atoms with Crippen molar-refractivity contribution in [1.29, 1.82) is 0 Å². The summed E-state index contributed by atoms with van der Waals surface area (Å²) >= 11 is 0. The third kappa shape index (κ3) is 7.36. The molecule has 1 N–H and O–H groups in total. The molecular formula is C16H30N2O. The molecule has 1 aromatic rings. The van der Waals surface area contributed by atoms with Gasteiger partial charge in [-0.25, -0.2) is 0 Å². The molecule has 0 aliphatic rings. The molecule has 0 saturated carbocycles. The largest absolute Gasteiger partial charge is 0.388 e. The highest BCUT2D eigenvalue weighted by molar-refractivity contribution is 5.07. The first-order valence-corrected chi connectivity index (χ1v) is 7.90. The van der Waals surface area contributed by atoms with Crippen LogP contribution in [0.5, 0.6) is 0 Å². The van der Waals surface area contributed by atoms with E-state index in [1.807, 2.05) is 13.2 Å². The predicted octanol–water partition coefficient (Wildman–Crippen LogP) is 4.37. The molecule has 1 heterocycles. The molecule has 0 aliphatic heterocycles. The number of aliphatic hydroxyl groups excluding tert-OH is 1. The third-order valence-electron chi connectivity index (χ3n) is 3.69. The highest BCUT2D eigenvalue weighted by Gasteiger charge is 2.08. The van der Waals surface area contributed by atoms with Gasteiger partial charge in [-0.3, -0.25) is 4.68 Å². The second-order valence-electron chi connectivity index (χ2n) is 5.58. The minimum absolute atomic E-state index is 0.335. The molecule has 3 nitrogen and oxygen atoms in total. The van der Waals surface area contributed by atoms with Crippen LogP contribution in [-0.4, -0.2) is 14.9 Å². The molecule has 1 atom stereocenters. The number of hydrogen-bond donors (Lipinski definition) is 1. The van der Waals surface area contributed by atoms with E-state index >= 15 is 0 Å². The molecule has 0 bridgehead atoms. The molecule has 1 unspecified atom stereocenters. The summed E-state index contributed by atoms with van der Waals surface area (Å²) in [5.41, 5.74) is 0.946. The van der Waals surface area contributed by atoms with E-state index in [1.165, 1.54) is 51.4 Å². The van der Waals surface area contributed by atoms with Gasteiger partial charge in [0.05, 0.1) is 12.3 Å². The summed E-state index contributed by atoms with van der Waals surface area (Å²) in [7, 11) is 1.88. The van der Waals surface area contributed by atoms with E-state index in [-0.39, 0.29) is 6.10 Å². The zero-order valence-corrected chi connectivity index (χ0v) is 12.6. The monoisotopic (exact) mass is 266 g/mol. The standard InChI is InChI=1S/C16H30N2O/c1-3-4-5-6-7-8-9-10-11-12-16(19)15-13-17-18(2)14-15/h13-14,16,19H,3-12H2,1-2H3. The van der Waals surface area contributed by atoms with E-state index in [0.717, 1.165) is 18.4 Å². The molecule has 0 saturated heterocycles. The lowest BCUT2D eigenvalue weighted by Gasteiger charge is -2.07. The van der Waals surface area contributed by atoms with Crippen molar-refractivity contribution in [2.24, 2.45) is 7.05 Å². The first kappa shape index (κ1) is 16.2. The first-order valence-electron chi connectivity index (χ1n) is 7.90. The van der Waals surface area contributed by atoms with Gasteiger partial charge in [0.1, 0.15) is 0 Å². The van der Waals surface area contributed by atoms with Crippen molar-refractivity contribution in [3.8, 4) is 0 Å². The minimum atomic E-state index is -0.335. The van der Waals surface area contributed by atoms with Gasteiger partial charge in [0.15, 0.2) is 0 Å². The fourth-order valence-corrected chi connectivity index (χ4v) is 2.43. The number of rotatable bonds is 11. The third-order valence-corrected chi connectivity index (χ3v) is 3.69. The summed E-state index contributed by atoms with van der Waals surface area (Å²) < 4.78 is 1.74. The quantitative estimate of drug-likeness (QED) is 0.604. The van der Waals surface area contributed by atoms with Crippen molar-refractivity contribution < 1.29 is 5.11 Å². The van der Waals surface area contributed by atoms with Crippen molar-refractivity contribution in [3.63, 3.8) is 0 Å². The predicted molar refractivity (Wildman–Crippen MR) is 80.0 cm³/mol. The summed E-state index contributed by atoms with van der Waals surface area (Å²) in [5, 5.41) is 14.1. The molecule has 0 fully saturated rings. The Morgan fingerprint density at radius 3 is 2.16 bits per heavy atom. The molecule has 1 aromatic heterocycles. The van der Waals surface area contributed by atoms with E-state index < -0.39 is 0 Å². The highest BCUT2D eigenvalue weighted by atomic mass is 16.3. The molecule has 0 spiro atoms. The number of unbranched alkanes of at least 4 members (excludes halogenated alkanes) is 8. The Balaban J connectivity index is 1.93. The summed E-state index contributed by atoms with van der Waals surface area (Å²) in [4.78, 5) is 0.